The van der Waals surface area contributed by atoms with E-state index in [0.717, 1.165) is 13.2 Å². The zero-order valence-electron chi connectivity index (χ0n) is 7.04. The number of fused-ring (bicyclic) bond motifs is 1. The second-order valence-electron chi connectivity index (χ2n) is 3.66. The van der Waals surface area contributed by atoms with Crippen molar-refractivity contribution in [3.8, 4) is 0 Å². The molecule has 2 aliphatic heterocycles. The van der Waals surface area contributed by atoms with Gasteiger partial charge in [-0.1, -0.05) is 13.8 Å². The Balaban J connectivity index is 1.86. The Labute approximate surface area is 67.1 Å². The summed E-state index contributed by atoms with van der Waals surface area (Å²) in [5.74, 6) is 0.465. The summed E-state index contributed by atoms with van der Waals surface area (Å²) in [5, 5.41) is 3.28. The first-order chi connectivity index (χ1) is 5.27. The van der Waals surface area contributed by atoms with Crippen molar-refractivity contribution in [3.05, 3.63) is 0 Å². The van der Waals surface area contributed by atoms with Crippen molar-refractivity contribution in [1.29, 1.82) is 0 Å². The first-order valence-electron chi connectivity index (χ1n) is 4.26. The van der Waals surface area contributed by atoms with Crippen molar-refractivity contribution in [2.75, 3.05) is 13.2 Å². The van der Waals surface area contributed by atoms with Gasteiger partial charge in [0.2, 0.25) is 0 Å². The molecule has 0 radical (unpaired) electrons. The summed E-state index contributed by atoms with van der Waals surface area (Å²) in [6, 6.07) is 1.14. The second-order valence-corrected chi connectivity index (χ2v) is 3.66. The van der Waals surface area contributed by atoms with E-state index in [2.05, 4.69) is 19.2 Å². The van der Waals surface area contributed by atoms with E-state index in [4.69, 9.17) is 9.47 Å². The molecule has 2 aliphatic rings. The SMILES string of the molecule is CC(C)C1OC[C@@H]2N[C@@H]2CO1. The van der Waals surface area contributed by atoms with Crippen LogP contribution in [0.25, 0.3) is 0 Å². The van der Waals surface area contributed by atoms with Crippen LogP contribution in [0.5, 0.6) is 0 Å². The molecular weight excluding hydrogens is 142 g/mol. The van der Waals surface area contributed by atoms with Crippen LogP contribution < -0.4 is 5.32 Å². The fraction of sp³-hybridized carbons (Fsp3) is 1.00. The van der Waals surface area contributed by atoms with E-state index in [-0.39, 0.29) is 6.29 Å². The summed E-state index contributed by atoms with van der Waals surface area (Å²) >= 11 is 0. The van der Waals surface area contributed by atoms with Crippen LogP contribution in [0.1, 0.15) is 13.8 Å². The van der Waals surface area contributed by atoms with E-state index in [1.54, 1.807) is 0 Å². The lowest BCUT2D eigenvalue weighted by molar-refractivity contribution is -0.155. The summed E-state index contributed by atoms with van der Waals surface area (Å²) in [5.41, 5.74) is 0. The van der Waals surface area contributed by atoms with E-state index >= 15 is 0 Å². The maximum absolute atomic E-state index is 5.53. The highest BCUT2D eigenvalue weighted by atomic mass is 16.7. The van der Waals surface area contributed by atoms with Crippen molar-refractivity contribution in [2.24, 2.45) is 5.92 Å². The van der Waals surface area contributed by atoms with Gasteiger partial charge < -0.3 is 14.8 Å². The van der Waals surface area contributed by atoms with Crippen molar-refractivity contribution < 1.29 is 9.47 Å². The highest BCUT2D eigenvalue weighted by molar-refractivity contribution is 4.98. The standard InChI is InChI=1S/C8H15NO2/c1-5(2)8-10-3-6-7(9-6)4-11-8/h5-9H,3-4H2,1-2H3/t6-,7+,8?. The molecule has 1 unspecified atom stereocenters. The average Bonchev–Trinajstić information content (AvgIpc) is 2.60. The summed E-state index contributed by atoms with van der Waals surface area (Å²) in [7, 11) is 0. The molecule has 2 fully saturated rings. The smallest absolute Gasteiger partial charge is 0.159 e. The monoisotopic (exact) mass is 157 g/mol. The number of nitrogens with one attached hydrogen (secondary N) is 1. The van der Waals surface area contributed by atoms with Gasteiger partial charge in [0.1, 0.15) is 0 Å². The maximum Gasteiger partial charge on any atom is 0.159 e. The van der Waals surface area contributed by atoms with Crippen LogP contribution >= 0.6 is 0 Å². The number of hydrogen-bond donors (Lipinski definition) is 1. The van der Waals surface area contributed by atoms with E-state index in [1.807, 2.05) is 0 Å². The third-order valence-corrected chi connectivity index (χ3v) is 2.23. The molecule has 3 atom stereocenters. The lowest BCUT2D eigenvalue weighted by Gasteiger charge is -2.19. The molecule has 1 N–H and O–H groups in total. The Morgan fingerprint density at radius 1 is 1.18 bits per heavy atom. The molecule has 0 aromatic heterocycles. The van der Waals surface area contributed by atoms with Gasteiger partial charge in [-0.25, -0.2) is 0 Å². The minimum Gasteiger partial charge on any atom is -0.351 e. The van der Waals surface area contributed by atoms with Gasteiger partial charge in [0.15, 0.2) is 6.29 Å². The maximum atomic E-state index is 5.53. The van der Waals surface area contributed by atoms with Crippen molar-refractivity contribution in [2.45, 2.75) is 32.2 Å². The van der Waals surface area contributed by atoms with Crippen LogP contribution in [0.2, 0.25) is 0 Å². The topological polar surface area (TPSA) is 40.4 Å². The molecule has 64 valence electrons. The number of ether oxygens (including phenoxy) is 2. The van der Waals surface area contributed by atoms with Gasteiger partial charge in [-0.2, -0.15) is 0 Å². The fourth-order valence-corrected chi connectivity index (χ4v) is 1.38. The first-order valence-corrected chi connectivity index (χ1v) is 4.26. The van der Waals surface area contributed by atoms with Crippen LogP contribution in [0.3, 0.4) is 0 Å². The zero-order chi connectivity index (χ0) is 7.84. The van der Waals surface area contributed by atoms with E-state index < -0.39 is 0 Å². The molecule has 0 aliphatic carbocycles. The van der Waals surface area contributed by atoms with Gasteiger partial charge >= 0.3 is 0 Å². The largest absolute Gasteiger partial charge is 0.351 e. The van der Waals surface area contributed by atoms with E-state index in [9.17, 15) is 0 Å². The van der Waals surface area contributed by atoms with Crippen molar-refractivity contribution in [3.63, 3.8) is 0 Å². The zero-order valence-corrected chi connectivity index (χ0v) is 7.04. The van der Waals surface area contributed by atoms with Gasteiger partial charge in [0.25, 0.3) is 0 Å². The van der Waals surface area contributed by atoms with Crippen molar-refractivity contribution in [1.82, 2.24) is 5.32 Å². The lowest BCUT2D eigenvalue weighted by Crippen LogP contribution is -2.25. The minimum absolute atomic E-state index is 0.0181. The van der Waals surface area contributed by atoms with E-state index in [0.29, 0.717) is 18.0 Å². The predicted octanol–water partition coefficient (Wildman–Crippen LogP) is 0.356. The molecule has 3 nitrogen and oxygen atoms in total. The first kappa shape index (κ1) is 7.53. The van der Waals surface area contributed by atoms with Crippen molar-refractivity contribution >= 4 is 0 Å². The molecule has 0 bridgehead atoms. The summed E-state index contributed by atoms with van der Waals surface area (Å²) < 4.78 is 11.1. The highest BCUT2D eigenvalue weighted by Gasteiger charge is 2.40. The van der Waals surface area contributed by atoms with Crippen LogP contribution in [-0.2, 0) is 9.47 Å². The van der Waals surface area contributed by atoms with Gasteiger partial charge in [0.05, 0.1) is 13.2 Å². The normalized spacial score (nSPS) is 43.4. The lowest BCUT2D eigenvalue weighted by atomic mass is 10.2. The Morgan fingerprint density at radius 2 is 1.73 bits per heavy atom. The van der Waals surface area contributed by atoms with Crippen LogP contribution in [0.4, 0.5) is 0 Å². The highest BCUT2D eigenvalue weighted by Crippen LogP contribution is 2.20. The molecular formula is C8H15NO2. The number of hydrogen-bond acceptors (Lipinski definition) is 3. The molecule has 11 heavy (non-hydrogen) atoms. The molecule has 2 saturated heterocycles. The van der Waals surface area contributed by atoms with Gasteiger partial charge in [-0.15, -0.1) is 0 Å². The van der Waals surface area contributed by atoms with Crippen LogP contribution in [0, 0.1) is 5.92 Å². The minimum atomic E-state index is 0.0181. The Hall–Kier alpha value is -0.120. The summed E-state index contributed by atoms with van der Waals surface area (Å²) in [4.78, 5) is 0. The Kier molecular flexibility index (Phi) is 1.87. The molecule has 2 rings (SSSR count). The van der Waals surface area contributed by atoms with Gasteiger partial charge in [-0.3, -0.25) is 0 Å². The quantitative estimate of drug-likeness (QED) is 0.558. The summed E-state index contributed by atoms with van der Waals surface area (Å²) in [6.45, 7) is 5.87. The van der Waals surface area contributed by atoms with Crippen LogP contribution in [-0.4, -0.2) is 31.6 Å². The predicted molar refractivity (Wildman–Crippen MR) is 41.2 cm³/mol. The fourth-order valence-electron chi connectivity index (χ4n) is 1.38. The third-order valence-electron chi connectivity index (χ3n) is 2.23. The molecule has 0 amide bonds. The second kappa shape index (κ2) is 2.73. The Morgan fingerprint density at radius 3 is 2.18 bits per heavy atom. The van der Waals surface area contributed by atoms with Gasteiger partial charge in [-0.05, 0) is 0 Å². The molecule has 0 aromatic rings. The molecule has 0 spiro atoms. The molecule has 2 heterocycles. The molecule has 0 aromatic carbocycles. The third kappa shape index (κ3) is 1.55. The molecule has 3 heteroatoms. The average molecular weight is 157 g/mol. The van der Waals surface area contributed by atoms with Gasteiger partial charge in [0, 0.05) is 18.0 Å². The Bertz CT molecular complexity index is 137. The summed E-state index contributed by atoms with van der Waals surface area (Å²) in [6.07, 6.45) is 0.0181. The van der Waals surface area contributed by atoms with E-state index in [1.165, 1.54) is 0 Å². The molecule has 0 saturated carbocycles. The number of rotatable bonds is 1. The van der Waals surface area contributed by atoms with Crippen LogP contribution in [0.15, 0.2) is 0 Å².